The van der Waals surface area contributed by atoms with Crippen LogP contribution in [0.15, 0.2) is 23.0 Å². The van der Waals surface area contributed by atoms with E-state index in [9.17, 15) is 19.8 Å². The summed E-state index contributed by atoms with van der Waals surface area (Å²) in [7, 11) is 0. The zero-order valence-electron chi connectivity index (χ0n) is 15.2. The monoisotopic (exact) mass is 376 g/mol. The van der Waals surface area contributed by atoms with Crippen LogP contribution >= 0.6 is 0 Å². The van der Waals surface area contributed by atoms with Crippen LogP contribution in [-0.2, 0) is 19.1 Å². The van der Waals surface area contributed by atoms with Crippen molar-refractivity contribution in [2.45, 2.75) is 51.1 Å². The smallest absolute Gasteiger partial charge is 0.313 e. The van der Waals surface area contributed by atoms with Crippen molar-refractivity contribution in [3.8, 4) is 0 Å². The molecule has 2 N–H and O–H groups in total. The van der Waals surface area contributed by atoms with Crippen molar-refractivity contribution in [2.24, 2.45) is 28.6 Å². The molecule has 2 spiro atoms. The van der Waals surface area contributed by atoms with Crippen molar-refractivity contribution in [3.05, 3.63) is 24.2 Å². The first-order valence-electron chi connectivity index (χ1n) is 9.64. The highest BCUT2D eigenvalue weighted by molar-refractivity contribution is 5.92. The lowest BCUT2D eigenvalue weighted by Crippen LogP contribution is -2.63. The van der Waals surface area contributed by atoms with E-state index in [1.165, 1.54) is 0 Å². The molecule has 7 nitrogen and oxygen atoms in total. The molecule has 0 unspecified atom stereocenters. The standard InChI is InChI=1S/C20H24O7/c1-10-4-16(22)20-9-26-17(23)13(20)5-12(21)6-15(20)19(10)7-14(27-18(19)24)11-2-3-25-8-11/h2-3,8,10,12-15,17,21,23H,4-7,9H2,1H3/t10-,12-,13+,14+,15-,17-,19-,20+/m1/s1. The van der Waals surface area contributed by atoms with Crippen LogP contribution in [0.4, 0.5) is 0 Å². The molecule has 2 saturated heterocycles. The molecule has 2 saturated carbocycles. The molecule has 27 heavy (non-hydrogen) atoms. The van der Waals surface area contributed by atoms with Crippen molar-refractivity contribution in [1.29, 1.82) is 0 Å². The lowest BCUT2D eigenvalue weighted by molar-refractivity contribution is -0.181. The van der Waals surface area contributed by atoms with E-state index in [0.29, 0.717) is 19.3 Å². The third-order valence-corrected chi connectivity index (χ3v) is 7.73. The average molecular weight is 376 g/mol. The molecule has 5 rings (SSSR count). The fraction of sp³-hybridized carbons (Fsp3) is 0.700. The van der Waals surface area contributed by atoms with Gasteiger partial charge in [0.15, 0.2) is 6.29 Å². The summed E-state index contributed by atoms with van der Waals surface area (Å²) in [6, 6.07) is 1.78. The summed E-state index contributed by atoms with van der Waals surface area (Å²) >= 11 is 0. The Hall–Kier alpha value is -1.70. The largest absolute Gasteiger partial charge is 0.472 e. The maximum atomic E-state index is 13.3. The molecule has 2 aliphatic heterocycles. The number of cyclic esters (lactones) is 1. The Labute approximate surface area is 156 Å². The van der Waals surface area contributed by atoms with Crippen LogP contribution in [0, 0.1) is 28.6 Å². The van der Waals surface area contributed by atoms with E-state index < -0.39 is 41.2 Å². The zero-order valence-corrected chi connectivity index (χ0v) is 15.2. The number of aliphatic hydroxyl groups excluding tert-OH is 2. The normalized spacial score (nSPS) is 49.1. The third-order valence-electron chi connectivity index (χ3n) is 7.73. The number of rotatable bonds is 1. The molecule has 0 radical (unpaired) electrons. The quantitative estimate of drug-likeness (QED) is 0.717. The van der Waals surface area contributed by atoms with Gasteiger partial charge in [-0.05, 0) is 30.7 Å². The van der Waals surface area contributed by atoms with Crippen LogP contribution in [0.25, 0.3) is 0 Å². The van der Waals surface area contributed by atoms with Crippen LogP contribution in [0.3, 0.4) is 0 Å². The van der Waals surface area contributed by atoms with Gasteiger partial charge in [-0.15, -0.1) is 0 Å². The molecule has 146 valence electrons. The molecule has 7 heteroatoms. The molecule has 0 amide bonds. The zero-order chi connectivity index (χ0) is 19.0. The molecule has 1 aromatic heterocycles. The highest BCUT2D eigenvalue weighted by atomic mass is 16.6. The number of hydrogen-bond donors (Lipinski definition) is 2. The van der Waals surface area contributed by atoms with Gasteiger partial charge in [-0.2, -0.15) is 0 Å². The molecule has 4 fully saturated rings. The van der Waals surface area contributed by atoms with Crippen molar-refractivity contribution in [2.75, 3.05) is 6.61 Å². The number of furan rings is 1. The van der Waals surface area contributed by atoms with Gasteiger partial charge in [0.25, 0.3) is 0 Å². The van der Waals surface area contributed by atoms with Crippen molar-refractivity contribution in [3.63, 3.8) is 0 Å². The Morgan fingerprint density at radius 3 is 2.74 bits per heavy atom. The molecule has 3 heterocycles. The number of ketones is 1. The van der Waals surface area contributed by atoms with Gasteiger partial charge in [0, 0.05) is 24.3 Å². The number of ether oxygens (including phenoxy) is 2. The molecule has 4 aliphatic rings. The highest BCUT2D eigenvalue weighted by Gasteiger charge is 2.73. The molecule has 0 bridgehead atoms. The van der Waals surface area contributed by atoms with Crippen LogP contribution < -0.4 is 0 Å². The Bertz CT molecular complexity index is 773. The summed E-state index contributed by atoms with van der Waals surface area (Å²) in [5, 5.41) is 20.9. The number of aliphatic hydroxyl groups is 2. The van der Waals surface area contributed by atoms with Crippen molar-refractivity contribution >= 4 is 11.8 Å². The third kappa shape index (κ3) is 2.08. The molecule has 1 aromatic rings. The summed E-state index contributed by atoms with van der Waals surface area (Å²) in [5.41, 5.74) is -0.993. The second-order valence-electron chi connectivity index (χ2n) is 8.75. The Morgan fingerprint density at radius 1 is 1.19 bits per heavy atom. The van der Waals surface area contributed by atoms with E-state index in [1.807, 2.05) is 6.92 Å². The first-order chi connectivity index (χ1) is 12.9. The van der Waals surface area contributed by atoms with E-state index in [0.717, 1.165) is 5.56 Å². The minimum Gasteiger partial charge on any atom is -0.472 e. The van der Waals surface area contributed by atoms with Gasteiger partial charge in [-0.3, -0.25) is 9.59 Å². The van der Waals surface area contributed by atoms with Gasteiger partial charge < -0.3 is 24.1 Å². The van der Waals surface area contributed by atoms with E-state index in [1.54, 1.807) is 18.6 Å². The number of carbonyl (C=O) groups excluding carboxylic acids is 2. The predicted octanol–water partition coefficient (Wildman–Crippen LogP) is 1.58. The maximum Gasteiger partial charge on any atom is 0.313 e. The minimum atomic E-state index is -1.08. The first-order valence-corrected chi connectivity index (χ1v) is 9.64. The lowest BCUT2D eigenvalue weighted by Gasteiger charge is -2.56. The average Bonchev–Trinajstić information content (AvgIpc) is 3.33. The van der Waals surface area contributed by atoms with Crippen LogP contribution in [0.2, 0.25) is 0 Å². The topological polar surface area (TPSA) is 106 Å². The highest BCUT2D eigenvalue weighted by Crippen LogP contribution is 2.67. The fourth-order valence-corrected chi connectivity index (χ4v) is 6.41. The van der Waals surface area contributed by atoms with Crippen LogP contribution in [0.5, 0.6) is 0 Å². The van der Waals surface area contributed by atoms with Gasteiger partial charge in [0.05, 0.1) is 36.1 Å². The lowest BCUT2D eigenvalue weighted by atomic mass is 9.43. The van der Waals surface area contributed by atoms with Gasteiger partial charge >= 0.3 is 5.97 Å². The summed E-state index contributed by atoms with van der Waals surface area (Å²) in [6.07, 6.45) is 2.29. The molecule has 0 aromatic carbocycles. The van der Waals surface area contributed by atoms with Crippen molar-refractivity contribution < 1.29 is 33.7 Å². The Morgan fingerprint density at radius 2 is 2.00 bits per heavy atom. The molecule has 2 aliphatic carbocycles. The summed E-state index contributed by atoms with van der Waals surface area (Å²) in [6.45, 7) is 2.03. The summed E-state index contributed by atoms with van der Waals surface area (Å²) < 4.78 is 16.4. The molecular formula is C20H24O7. The van der Waals surface area contributed by atoms with E-state index in [-0.39, 0.29) is 30.7 Å². The Kier molecular flexibility index (Phi) is 3.64. The molecule has 8 atom stereocenters. The predicted molar refractivity (Wildman–Crippen MR) is 90.0 cm³/mol. The fourth-order valence-electron chi connectivity index (χ4n) is 6.41. The Balaban J connectivity index is 1.62. The van der Waals surface area contributed by atoms with Crippen LogP contribution in [-0.4, -0.2) is 41.0 Å². The van der Waals surface area contributed by atoms with Gasteiger partial charge in [-0.1, -0.05) is 6.92 Å². The van der Waals surface area contributed by atoms with Gasteiger partial charge in [0.2, 0.25) is 0 Å². The van der Waals surface area contributed by atoms with Gasteiger partial charge in [0.1, 0.15) is 11.9 Å². The van der Waals surface area contributed by atoms with E-state index >= 15 is 0 Å². The summed E-state index contributed by atoms with van der Waals surface area (Å²) in [5.74, 6) is -1.36. The number of hydrogen-bond acceptors (Lipinski definition) is 7. The number of Topliss-reactive ketones (excluding diaryl/α,β-unsaturated/α-hetero) is 1. The van der Waals surface area contributed by atoms with Crippen LogP contribution in [0.1, 0.15) is 44.3 Å². The van der Waals surface area contributed by atoms with Crippen molar-refractivity contribution in [1.82, 2.24) is 0 Å². The second kappa shape index (κ2) is 5.65. The second-order valence-corrected chi connectivity index (χ2v) is 8.75. The molecular weight excluding hydrogens is 352 g/mol. The van der Waals surface area contributed by atoms with E-state index in [4.69, 9.17) is 13.9 Å². The van der Waals surface area contributed by atoms with Gasteiger partial charge in [-0.25, -0.2) is 0 Å². The van der Waals surface area contributed by atoms with E-state index in [2.05, 4.69) is 0 Å². The minimum absolute atomic E-state index is 0.0404. The number of esters is 1. The number of fused-ring (bicyclic) bond motifs is 1. The first kappa shape index (κ1) is 17.4. The maximum absolute atomic E-state index is 13.3. The number of carbonyl (C=O) groups is 2. The SMILES string of the molecule is C[C@@H]1CC(=O)[C@@]23CO[C@@H](O)[C@@H]2C[C@@H](O)C[C@@H]3[C@@]12C[C@@H](c1ccoc1)OC2=O. The summed E-state index contributed by atoms with van der Waals surface area (Å²) in [4.78, 5) is 26.5.